The fraction of sp³-hybridized carbons (Fsp3) is 0.560. The maximum Gasteiger partial charge on any atom is 0.355 e. The van der Waals surface area contributed by atoms with Crippen LogP contribution in [0.4, 0.5) is 22.6 Å². The number of aromatic carboxylic acids is 1. The monoisotopic (exact) mass is 929 g/mol. The number of nitrogens with zero attached hydrogens (tertiary/aromatic N) is 9. The predicted octanol–water partition coefficient (Wildman–Crippen LogP) is 7.81. The zero-order valence-corrected chi connectivity index (χ0v) is 40.1. The second-order valence-electron chi connectivity index (χ2n) is 21.1. The molecule has 1 saturated heterocycles. The smallest absolute Gasteiger partial charge is 0.355 e. The lowest BCUT2D eigenvalue weighted by molar-refractivity contribution is -0.249. The molecular weight excluding hydrogens is 867 g/mol. The highest BCUT2D eigenvalue weighted by molar-refractivity contribution is 7.22. The van der Waals surface area contributed by atoms with Crippen LogP contribution in [0.25, 0.3) is 21.3 Å². The summed E-state index contributed by atoms with van der Waals surface area (Å²) in [5, 5.41) is 29.0. The number of nitrogens with two attached hydrogens (primary N) is 1. The van der Waals surface area contributed by atoms with Gasteiger partial charge >= 0.3 is 5.97 Å². The number of piperazine rings is 1. The molecule has 4 aromatic heterocycles. The van der Waals surface area contributed by atoms with Gasteiger partial charge in [0.2, 0.25) is 11.8 Å². The number of fused-ring (bicyclic) bond motifs is 2. The highest BCUT2D eigenvalue weighted by atomic mass is 32.1. The zero-order chi connectivity index (χ0) is 46.7. The Hall–Kier alpha value is -5.52. The molecule has 2 amide bonds. The van der Waals surface area contributed by atoms with Crippen LogP contribution in [0.5, 0.6) is 0 Å². The van der Waals surface area contributed by atoms with Crippen LogP contribution >= 0.6 is 11.3 Å². The Bertz CT molecular complexity index is 2680. The van der Waals surface area contributed by atoms with Gasteiger partial charge in [0.1, 0.15) is 5.82 Å². The van der Waals surface area contributed by atoms with Crippen molar-refractivity contribution in [3.05, 3.63) is 65.1 Å². The number of benzene rings is 1. The van der Waals surface area contributed by atoms with Crippen molar-refractivity contribution in [2.24, 2.45) is 22.0 Å². The molecule has 354 valence electrons. The zero-order valence-electron chi connectivity index (χ0n) is 39.3. The van der Waals surface area contributed by atoms with Crippen molar-refractivity contribution in [3.8, 4) is 11.1 Å². The number of rotatable bonds is 16. The van der Waals surface area contributed by atoms with Gasteiger partial charge in [0.25, 0.3) is 0 Å². The highest BCUT2D eigenvalue weighted by Gasteiger charge is 2.66. The number of amides is 2. The number of hydrogen-bond acceptors (Lipinski definition) is 13. The molecule has 1 aromatic carbocycles. The van der Waals surface area contributed by atoms with E-state index < -0.39 is 5.97 Å². The fourth-order valence-corrected chi connectivity index (χ4v) is 14.5. The third-order valence-electron chi connectivity index (χ3n) is 15.4. The summed E-state index contributed by atoms with van der Waals surface area (Å²) in [5.41, 5.74) is 10.6. The number of unbranched alkanes of at least 4 members (excludes halogenated alkanes) is 1. The van der Waals surface area contributed by atoms with E-state index in [1.807, 2.05) is 53.3 Å². The Balaban J connectivity index is 0.819. The first-order valence-electron chi connectivity index (χ1n) is 24.1. The number of carboxylic acid groups (broad SMARTS) is 1. The Morgan fingerprint density at radius 3 is 2.39 bits per heavy atom. The third kappa shape index (κ3) is 9.01. The number of hydrogen-bond donors (Lipinski definition) is 3. The van der Waals surface area contributed by atoms with Crippen molar-refractivity contribution < 1.29 is 24.2 Å². The summed E-state index contributed by atoms with van der Waals surface area (Å²) in [4.78, 5) is 52.8. The number of ether oxygens (including phenoxy) is 1. The molecule has 16 nitrogen and oxygen atoms in total. The molecule has 4 aliphatic carbocycles. The molecule has 2 aliphatic heterocycles. The van der Waals surface area contributed by atoms with Crippen LogP contribution in [0.1, 0.15) is 112 Å². The Kier molecular flexibility index (Phi) is 11.8. The largest absolute Gasteiger partial charge is 0.476 e. The van der Waals surface area contributed by atoms with Crippen LogP contribution in [0.15, 0.2) is 42.6 Å². The van der Waals surface area contributed by atoms with Crippen molar-refractivity contribution in [1.82, 2.24) is 39.7 Å². The number of pyridine rings is 1. The summed E-state index contributed by atoms with van der Waals surface area (Å²) < 4.78 is 10.3. The van der Waals surface area contributed by atoms with E-state index in [4.69, 9.17) is 25.5 Å². The minimum absolute atomic E-state index is 0.00193. The Morgan fingerprint density at radius 1 is 0.881 bits per heavy atom. The maximum atomic E-state index is 13.0. The SMILES string of the molecule is Cc1c(Nc2nc3ccccc3s2)nnc2c1CCCN2c1ccc(-c2cnn(CC34CC5(OCCN6CCN(C(=O)CCCCC(N)=O)CC6)C[C@](C)(C3)C[C@](C)(C4)C5)c2C)c(C(=O)O)n1. The molecule has 11 rings (SSSR count). The van der Waals surface area contributed by atoms with Crippen LogP contribution < -0.4 is 16.0 Å². The molecule has 2 unspecified atom stereocenters. The number of carbonyl (C=O) groups is 3. The summed E-state index contributed by atoms with van der Waals surface area (Å²) in [7, 11) is 0. The number of anilines is 4. The summed E-state index contributed by atoms with van der Waals surface area (Å²) in [6, 6.07) is 11.8. The fourth-order valence-electron chi connectivity index (χ4n) is 13.6. The van der Waals surface area contributed by atoms with Gasteiger partial charge in [-0.2, -0.15) is 5.10 Å². The van der Waals surface area contributed by atoms with Gasteiger partial charge in [-0.05, 0) is 119 Å². The maximum absolute atomic E-state index is 13.0. The molecule has 4 saturated carbocycles. The molecule has 5 aromatic rings. The minimum Gasteiger partial charge on any atom is -0.476 e. The normalized spacial score (nSPS) is 25.7. The molecular formula is C50H63N11O5S. The molecule has 0 spiro atoms. The minimum atomic E-state index is -1.09. The van der Waals surface area contributed by atoms with Crippen molar-refractivity contribution in [1.29, 1.82) is 0 Å². The Morgan fingerprint density at radius 2 is 1.64 bits per heavy atom. The first-order chi connectivity index (χ1) is 32.1. The third-order valence-corrected chi connectivity index (χ3v) is 16.4. The summed E-state index contributed by atoms with van der Waals surface area (Å²) in [5.74, 6) is 0.624. The lowest BCUT2D eigenvalue weighted by Crippen LogP contribution is -2.64. The topological polar surface area (TPSA) is 198 Å². The van der Waals surface area contributed by atoms with E-state index in [-0.39, 0.29) is 39.4 Å². The first kappa shape index (κ1) is 45.3. The van der Waals surface area contributed by atoms with E-state index in [0.29, 0.717) is 74.9 Å². The predicted molar refractivity (Wildman–Crippen MR) is 258 cm³/mol. The van der Waals surface area contributed by atoms with Crippen LogP contribution in [0.3, 0.4) is 0 Å². The van der Waals surface area contributed by atoms with Crippen LogP contribution in [-0.2, 0) is 27.3 Å². The van der Waals surface area contributed by atoms with Crippen molar-refractivity contribution in [2.45, 2.75) is 117 Å². The van der Waals surface area contributed by atoms with E-state index >= 15 is 0 Å². The number of para-hydroxylation sites is 1. The number of carboxylic acids is 1. The second-order valence-corrected chi connectivity index (χ2v) is 22.2. The lowest BCUT2D eigenvalue weighted by atomic mass is 9.39. The van der Waals surface area contributed by atoms with Crippen molar-refractivity contribution in [2.75, 3.05) is 56.1 Å². The van der Waals surface area contributed by atoms with Gasteiger partial charge in [0, 0.05) is 86.6 Å². The van der Waals surface area contributed by atoms with E-state index in [1.54, 1.807) is 11.3 Å². The van der Waals surface area contributed by atoms with Gasteiger partial charge in [0.05, 0.1) is 28.6 Å². The molecule has 4 N–H and O–H groups in total. The average Bonchev–Trinajstić information content (AvgIpc) is 3.86. The van der Waals surface area contributed by atoms with Gasteiger partial charge in [-0.25, -0.2) is 14.8 Å². The van der Waals surface area contributed by atoms with Gasteiger partial charge < -0.3 is 30.7 Å². The van der Waals surface area contributed by atoms with Crippen LogP contribution in [-0.4, -0.2) is 114 Å². The molecule has 17 heteroatoms. The van der Waals surface area contributed by atoms with Gasteiger partial charge in [-0.3, -0.25) is 19.2 Å². The number of thiazole rings is 1. The molecule has 4 bridgehead atoms. The van der Waals surface area contributed by atoms with Gasteiger partial charge in [-0.1, -0.05) is 37.3 Å². The second kappa shape index (κ2) is 17.5. The molecule has 0 radical (unpaired) electrons. The number of primary amides is 1. The number of aromatic nitrogens is 6. The molecule has 6 heterocycles. The Labute approximate surface area is 395 Å². The summed E-state index contributed by atoms with van der Waals surface area (Å²) >= 11 is 1.57. The highest BCUT2D eigenvalue weighted by Crippen LogP contribution is 2.72. The quantitative estimate of drug-likeness (QED) is 0.0811. The van der Waals surface area contributed by atoms with E-state index in [2.05, 4.69) is 51.9 Å². The molecule has 6 aliphatic rings. The van der Waals surface area contributed by atoms with Gasteiger partial charge in [-0.15, -0.1) is 10.2 Å². The van der Waals surface area contributed by atoms with Gasteiger partial charge in [0.15, 0.2) is 22.5 Å². The van der Waals surface area contributed by atoms with Crippen LogP contribution in [0.2, 0.25) is 0 Å². The first-order valence-corrected chi connectivity index (χ1v) is 24.9. The van der Waals surface area contributed by atoms with Crippen LogP contribution in [0, 0.1) is 30.1 Å². The summed E-state index contributed by atoms with van der Waals surface area (Å²) in [6.07, 6.45) is 12.2. The molecule has 5 fully saturated rings. The summed E-state index contributed by atoms with van der Waals surface area (Å²) in [6.45, 7) is 15.0. The van der Waals surface area contributed by atoms with Crippen molar-refractivity contribution >= 4 is 61.9 Å². The average molecular weight is 930 g/mol. The number of nitrogens with one attached hydrogen (secondary N) is 1. The lowest BCUT2D eigenvalue weighted by Gasteiger charge is -2.69. The van der Waals surface area contributed by atoms with E-state index in [0.717, 1.165) is 109 Å². The molecule has 67 heavy (non-hydrogen) atoms. The van der Waals surface area contributed by atoms with E-state index in [1.165, 1.54) is 6.42 Å². The van der Waals surface area contributed by atoms with Crippen molar-refractivity contribution in [3.63, 3.8) is 0 Å². The number of carbonyl (C=O) groups excluding carboxylic acids is 2. The molecule has 4 atom stereocenters. The van der Waals surface area contributed by atoms with E-state index in [9.17, 15) is 19.5 Å². The standard InChI is InChI=1S/C50H63N11O5S/c1-32-34-10-9-17-60(44(34)57-56-43(32)55-46-53-37-11-5-6-12-38(37)67-46)40-16-15-35(42(54-40)45(64)65)36-24-52-61(33(36)2)31-49-26-47(3)25-48(4,27-49)29-50(28-47,30-49)66-23-22-58-18-20-59(21-19-58)41(63)14-8-7-13-39(51)62/h5-6,11-12,15-16,24H,7-10,13-14,17-23,25-31H2,1-4H3,(H2,51,62)(H,64,65)(H,53,55,56)/t47-,48+,49?,50?.